The number of carbonyl (C=O) groups is 1. The largest absolute Gasteiger partial charge is 0.379 e. The van der Waals surface area contributed by atoms with Gasteiger partial charge in [0.25, 0.3) is 10.0 Å². The van der Waals surface area contributed by atoms with Gasteiger partial charge >= 0.3 is 0 Å². The molecule has 0 unspecified atom stereocenters. The average molecular weight is 500 g/mol. The van der Waals surface area contributed by atoms with Crippen LogP contribution >= 0.6 is 23.2 Å². The Labute approximate surface area is 199 Å². The van der Waals surface area contributed by atoms with Crippen molar-refractivity contribution in [3.05, 3.63) is 58.1 Å². The summed E-state index contributed by atoms with van der Waals surface area (Å²) in [6.07, 6.45) is 0.767. The third-order valence-corrected chi connectivity index (χ3v) is 7.69. The summed E-state index contributed by atoms with van der Waals surface area (Å²) in [7, 11) is -3.99. The molecule has 0 aliphatic carbocycles. The normalized spacial score (nSPS) is 14.8. The first-order valence-electron chi connectivity index (χ1n) is 10.4. The van der Waals surface area contributed by atoms with E-state index in [2.05, 4.69) is 10.2 Å². The highest BCUT2D eigenvalue weighted by Crippen LogP contribution is 2.30. The molecule has 1 saturated heterocycles. The van der Waals surface area contributed by atoms with E-state index in [9.17, 15) is 13.2 Å². The second-order valence-corrected chi connectivity index (χ2v) is 10.3. The molecule has 1 fully saturated rings. The molecule has 1 aliphatic rings. The van der Waals surface area contributed by atoms with Crippen LogP contribution in [0.5, 0.6) is 0 Å². The van der Waals surface area contributed by atoms with Gasteiger partial charge in [0, 0.05) is 19.6 Å². The number of halogens is 2. The monoisotopic (exact) mass is 499 g/mol. The van der Waals surface area contributed by atoms with Crippen molar-refractivity contribution in [1.82, 2.24) is 10.2 Å². The minimum absolute atomic E-state index is 0.0919. The van der Waals surface area contributed by atoms with Gasteiger partial charge in [0.15, 0.2) is 0 Å². The number of hydrogen-bond acceptors (Lipinski definition) is 5. The molecule has 2 aromatic carbocycles. The van der Waals surface area contributed by atoms with Crippen LogP contribution in [-0.2, 0) is 19.6 Å². The third-order valence-electron chi connectivity index (χ3n) is 5.16. The number of amides is 1. The highest BCUT2D eigenvalue weighted by Gasteiger charge is 2.27. The zero-order chi connectivity index (χ0) is 23.1. The lowest BCUT2D eigenvalue weighted by Gasteiger charge is -2.26. The first kappa shape index (κ1) is 24.8. The molecule has 0 radical (unpaired) electrons. The molecule has 0 saturated carbocycles. The van der Waals surface area contributed by atoms with Gasteiger partial charge in [0.1, 0.15) is 6.54 Å². The minimum atomic E-state index is -3.99. The van der Waals surface area contributed by atoms with Crippen molar-refractivity contribution in [2.24, 2.45) is 0 Å². The summed E-state index contributed by atoms with van der Waals surface area (Å²) >= 11 is 12.1. The molecule has 0 bridgehead atoms. The van der Waals surface area contributed by atoms with Crippen molar-refractivity contribution in [3.63, 3.8) is 0 Å². The third kappa shape index (κ3) is 6.59. The maximum Gasteiger partial charge on any atom is 0.264 e. The van der Waals surface area contributed by atoms with Crippen molar-refractivity contribution in [3.8, 4) is 0 Å². The zero-order valence-corrected chi connectivity index (χ0v) is 20.2. The van der Waals surface area contributed by atoms with Crippen molar-refractivity contribution in [1.29, 1.82) is 0 Å². The highest BCUT2D eigenvalue weighted by molar-refractivity contribution is 7.92. The van der Waals surface area contributed by atoms with Gasteiger partial charge in [-0.2, -0.15) is 0 Å². The number of aryl methyl sites for hydroxylation is 1. The Bertz CT molecular complexity index is 1030. The maximum absolute atomic E-state index is 13.4. The van der Waals surface area contributed by atoms with Crippen LogP contribution in [0.25, 0.3) is 0 Å². The predicted octanol–water partition coefficient (Wildman–Crippen LogP) is 3.34. The summed E-state index contributed by atoms with van der Waals surface area (Å²) in [5.74, 6) is -0.395. The fourth-order valence-electron chi connectivity index (χ4n) is 3.33. The van der Waals surface area contributed by atoms with Gasteiger partial charge in [-0.3, -0.25) is 14.0 Å². The summed E-state index contributed by atoms with van der Waals surface area (Å²) in [4.78, 5) is 15.0. The fourth-order valence-corrected chi connectivity index (χ4v) is 5.04. The van der Waals surface area contributed by atoms with Gasteiger partial charge in [0.05, 0.1) is 33.8 Å². The second-order valence-electron chi connectivity index (χ2n) is 7.58. The zero-order valence-electron chi connectivity index (χ0n) is 17.9. The molecule has 7 nitrogen and oxygen atoms in total. The van der Waals surface area contributed by atoms with E-state index in [0.29, 0.717) is 11.6 Å². The van der Waals surface area contributed by atoms with Crippen LogP contribution in [0.15, 0.2) is 47.4 Å². The number of rotatable bonds is 9. The van der Waals surface area contributed by atoms with E-state index in [-0.39, 0.29) is 22.2 Å². The predicted molar refractivity (Wildman–Crippen MR) is 127 cm³/mol. The Kier molecular flexibility index (Phi) is 8.79. The van der Waals surface area contributed by atoms with Crippen LogP contribution in [0.3, 0.4) is 0 Å². The van der Waals surface area contributed by atoms with Crippen LogP contribution in [0.1, 0.15) is 12.0 Å². The number of anilines is 1. The molecule has 1 aliphatic heterocycles. The lowest BCUT2D eigenvalue weighted by atomic mass is 10.2. The van der Waals surface area contributed by atoms with Crippen molar-refractivity contribution in [2.75, 3.05) is 50.2 Å². The maximum atomic E-state index is 13.4. The molecule has 1 N–H and O–H groups in total. The molecule has 0 aromatic heterocycles. The summed E-state index contributed by atoms with van der Waals surface area (Å²) in [5.41, 5.74) is 1.20. The second kappa shape index (κ2) is 11.3. The molecule has 32 heavy (non-hydrogen) atoms. The lowest BCUT2D eigenvalue weighted by molar-refractivity contribution is -0.119. The molecule has 2 aromatic rings. The van der Waals surface area contributed by atoms with E-state index in [4.69, 9.17) is 27.9 Å². The van der Waals surface area contributed by atoms with E-state index in [0.717, 1.165) is 49.1 Å². The van der Waals surface area contributed by atoms with Gasteiger partial charge in [-0.1, -0.05) is 40.9 Å². The van der Waals surface area contributed by atoms with E-state index < -0.39 is 15.9 Å². The van der Waals surface area contributed by atoms with Crippen LogP contribution in [0, 0.1) is 6.92 Å². The Morgan fingerprint density at radius 3 is 2.44 bits per heavy atom. The number of hydrogen-bond donors (Lipinski definition) is 1. The van der Waals surface area contributed by atoms with Gasteiger partial charge in [-0.05, 0) is 50.2 Å². The van der Waals surface area contributed by atoms with Crippen molar-refractivity contribution >= 4 is 44.8 Å². The molecule has 1 amide bonds. The molecular formula is C22H27Cl2N3O4S. The summed E-state index contributed by atoms with van der Waals surface area (Å²) in [6, 6.07) is 11.0. The standard InChI is InChI=1S/C22H27Cl2N3O4S/c1-17-3-6-19(7-4-17)32(29,30)27(18-5-8-20(23)21(24)15-18)16-22(28)25-9-2-10-26-11-13-31-14-12-26/h3-8,15H,2,9-14,16H2,1H3,(H,25,28). The van der Waals surface area contributed by atoms with E-state index >= 15 is 0 Å². The number of ether oxygens (including phenoxy) is 1. The van der Waals surface area contributed by atoms with Gasteiger partial charge in [-0.15, -0.1) is 0 Å². The number of carbonyl (C=O) groups excluding carboxylic acids is 1. The molecule has 0 spiro atoms. The van der Waals surface area contributed by atoms with Crippen LogP contribution in [0.2, 0.25) is 10.0 Å². The van der Waals surface area contributed by atoms with Gasteiger partial charge < -0.3 is 10.1 Å². The van der Waals surface area contributed by atoms with Crippen LogP contribution in [-0.4, -0.2) is 65.2 Å². The van der Waals surface area contributed by atoms with Gasteiger partial charge in [0.2, 0.25) is 5.91 Å². The molecule has 174 valence electrons. The van der Waals surface area contributed by atoms with Crippen LogP contribution < -0.4 is 9.62 Å². The highest BCUT2D eigenvalue weighted by atomic mass is 35.5. The SMILES string of the molecule is Cc1ccc(S(=O)(=O)N(CC(=O)NCCCN2CCOCC2)c2ccc(Cl)c(Cl)c2)cc1. The molecule has 1 heterocycles. The summed E-state index contributed by atoms with van der Waals surface area (Å²) in [5, 5.41) is 3.33. The molecule has 10 heteroatoms. The van der Waals surface area contributed by atoms with Gasteiger partial charge in [-0.25, -0.2) is 8.42 Å². The van der Waals surface area contributed by atoms with Crippen LogP contribution in [0.4, 0.5) is 5.69 Å². The average Bonchev–Trinajstić information content (AvgIpc) is 2.78. The Morgan fingerprint density at radius 1 is 1.09 bits per heavy atom. The Morgan fingerprint density at radius 2 is 1.78 bits per heavy atom. The molecule has 3 rings (SSSR count). The number of nitrogens with zero attached hydrogens (tertiary/aromatic N) is 2. The van der Waals surface area contributed by atoms with E-state index in [1.54, 1.807) is 12.1 Å². The smallest absolute Gasteiger partial charge is 0.264 e. The number of benzene rings is 2. The van der Waals surface area contributed by atoms with Crippen molar-refractivity contribution in [2.45, 2.75) is 18.2 Å². The van der Waals surface area contributed by atoms with E-state index in [1.807, 2.05) is 6.92 Å². The first-order chi connectivity index (χ1) is 15.3. The lowest BCUT2D eigenvalue weighted by Crippen LogP contribution is -2.42. The number of sulfonamides is 1. The number of nitrogens with one attached hydrogen (secondary N) is 1. The fraction of sp³-hybridized carbons (Fsp3) is 0.409. The Hall–Kier alpha value is -1.84. The molecule has 0 atom stereocenters. The topological polar surface area (TPSA) is 79.0 Å². The Balaban J connectivity index is 1.71. The minimum Gasteiger partial charge on any atom is -0.379 e. The quantitative estimate of drug-likeness (QED) is 0.535. The first-order valence-corrected chi connectivity index (χ1v) is 12.6. The molecular weight excluding hydrogens is 473 g/mol. The van der Waals surface area contributed by atoms with Crippen molar-refractivity contribution < 1.29 is 17.9 Å². The van der Waals surface area contributed by atoms with E-state index in [1.165, 1.54) is 30.3 Å². The summed E-state index contributed by atoms with van der Waals surface area (Å²) < 4.78 is 33.1. The number of morpholine rings is 1. The summed E-state index contributed by atoms with van der Waals surface area (Å²) in [6.45, 7) is 6.02.